The summed E-state index contributed by atoms with van der Waals surface area (Å²) in [6.07, 6.45) is -0.487. The van der Waals surface area contributed by atoms with Crippen LogP contribution in [-0.2, 0) is 30.5 Å². The summed E-state index contributed by atoms with van der Waals surface area (Å²) in [4.78, 5) is 25.2. The molecule has 0 saturated heterocycles. The van der Waals surface area contributed by atoms with E-state index < -0.39 is 28.2 Å². The Bertz CT molecular complexity index is 823. The minimum Gasteiger partial charge on any atom is -0.454 e. The van der Waals surface area contributed by atoms with Crippen LogP contribution in [0.4, 0.5) is 4.79 Å². The van der Waals surface area contributed by atoms with Gasteiger partial charge < -0.3 is 23.8 Å². The molecule has 1 aromatic rings. The van der Waals surface area contributed by atoms with Gasteiger partial charge in [-0.15, -0.1) is 0 Å². The standard InChI is InChI=1S/C18H25NO8S/c1-12(9-14-5-6-15-16(10-14)25-11-24-15)19(3)18(21)27-13(2)26-17(20)7-8-28(4,22)23/h5-6,10,12-13H,7-9,11H2,1-4H3. The van der Waals surface area contributed by atoms with E-state index in [2.05, 4.69) is 0 Å². The Kier molecular flexibility index (Phi) is 7.11. The van der Waals surface area contributed by atoms with Gasteiger partial charge in [0.2, 0.25) is 13.1 Å². The topological polar surface area (TPSA) is 108 Å². The van der Waals surface area contributed by atoms with Crippen molar-refractivity contribution in [3.8, 4) is 11.5 Å². The lowest BCUT2D eigenvalue weighted by Crippen LogP contribution is -2.39. The molecule has 0 bridgehead atoms. The van der Waals surface area contributed by atoms with E-state index in [0.717, 1.165) is 11.8 Å². The maximum atomic E-state index is 12.2. The number of benzene rings is 1. The highest BCUT2D eigenvalue weighted by Gasteiger charge is 2.22. The van der Waals surface area contributed by atoms with Crippen LogP contribution in [0.1, 0.15) is 25.8 Å². The molecule has 28 heavy (non-hydrogen) atoms. The molecule has 0 saturated carbocycles. The second-order valence-electron chi connectivity index (χ2n) is 6.67. The number of nitrogens with zero attached hydrogens (tertiary/aromatic N) is 1. The van der Waals surface area contributed by atoms with E-state index in [4.69, 9.17) is 18.9 Å². The minimum absolute atomic E-state index is 0.194. The summed E-state index contributed by atoms with van der Waals surface area (Å²) in [6.45, 7) is 3.45. The van der Waals surface area contributed by atoms with Crippen molar-refractivity contribution in [2.75, 3.05) is 25.8 Å². The number of hydrogen-bond donors (Lipinski definition) is 0. The van der Waals surface area contributed by atoms with E-state index in [9.17, 15) is 18.0 Å². The number of ether oxygens (including phenoxy) is 4. The molecule has 1 heterocycles. The summed E-state index contributed by atoms with van der Waals surface area (Å²) in [5.74, 6) is 0.293. The molecule has 0 N–H and O–H groups in total. The van der Waals surface area contributed by atoms with Crippen LogP contribution >= 0.6 is 0 Å². The summed E-state index contributed by atoms with van der Waals surface area (Å²) in [6, 6.07) is 5.39. The van der Waals surface area contributed by atoms with Crippen molar-refractivity contribution in [1.82, 2.24) is 4.90 Å². The van der Waals surface area contributed by atoms with Gasteiger partial charge in [0.1, 0.15) is 9.84 Å². The summed E-state index contributed by atoms with van der Waals surface area (Å²) >= 11 is 0. The average Bonchev–Trinajstić information content (AvgIpc) is 3.06. The molecule has 1 aliphatic heterocycles. The average molecular weight is 415 g/mol. The third-order valence-corrected chi connectivity index (χ3v) is 5.10. The van der Waals surface area contributed by atoms with E-state index in [1.165, 1.54) is 11.8 Å². The fraction of sp³-hybridized carbons (Fsp3) is 0.556. The number of sulfone groups is 1. The fourth-order valence-electron chi connectivity index (χ4n) is 2.49. The van der Waals surface area contributed by atoms with Crippen molar-refractivity contribution in [3.63, 3.8) is 0 Å². The van der Waals surface area contributed by atoms with Gasteiger partial charge in [-0.1, -0.05) is 6.07 Å². The van der Waals surface area contributed by atoms with Crippen molar-refractivity contribution in [2.24, 2.45) is 0 Å². The summed E-state index contributed by atoms with van der Waals surface area (Å²) in [7, 11) is -1.69. The number of carbonyl (C=O) groups excluding carboxylic acids is 2. The van der Waals surface area contributed by atoms with Gasteiger partial charge in [0.15, 0.2) is 11.5 Å². The number of hydrogen-bond acceptors (Lipinski definition) is 8. The lowest BCUT2D eigenvalue weighted by Gasteiger charge is -2.26. The van der Waals surface area contributed by atoms with Gasteiger partial charge in [-0.3, -0.25) is 4.79 Å². The highest BCUT2D eigenvalue weighted by molar-refractivity contribution is 7.90. The second-order valence-corrected chi connectivity index (χ2v) is 8.93. The van der Waals surface area contributed by atoms with Crippen LogP contribution < -0.4 is 9.47 Å². The first kappa shape index (κ1) is 21.8. The Morgan fingerprint density at radius 1 is 1.18 bits per heavy atom. The SMILES string of the molecule is CC(OC(=O)CCS(C)(=O)=O)OC(=O)N(C)C(C)Cc1ccc2c(c1)OCO2. The summed E-state index contributed by atoms with van der Waals surface area (Å²) in [5.41, 5.74) is 0.969. The first-order valence-corrected chi connectivity index (χ1v) is 10.8. The van der Waals surface area contributed by atoms with Crippen LogP contribution in [0.3, 0.4) is 0 Å². The Labute approximate surface area is 164 Å². The third-order valence-electron chi connectivity index (χ3n) is 4.16. The zero-order valence-electron chi connectivity index (χ0n) is 16.3. The molecule has 9 nitrogen and oxygen atoms in total. The number of fused-ring (bicyclic) bond motifs is 1. The van der Waals surface area contributed by atoms with E-state index in [-0.39, 0.29) is 25.0 Å². The smallest absolute Gasteiger partial charge is 0.412 e. The number of rotatable bonds is 8. The highest BCUT2D eigenvalue weighted by Crippen LogP contribution is 2.32. The molecule has 10 heteroatoms. The molecule has 1 aromatic carbocycles. The molecule has 2 atom stereocenters. The maximum Gasteiger partial charge on any atom is 0.412 e. The van der Waals surface area contributed by atoms with Gasteiger partial charge >= 0.3 is 12.1 Å². The molecule has 0 aromatic heterocycles. The molecular weight excluding hydrogens is 390 g/mol. The maximum absolute atomic E-state index is 12.2. The second kappa shape index (κ2) is 9.13. The van der Waals surface area contributed by atoms with E-state index in [0.29, 0.717) is 17.9 Å². The Hall–Kier alpha value is -2.49. The molecule has 0 spiro atoms. The van der Waals surface area contributed by atoms with Gasteiger partial charge in [0.25, 0.3) is 0 Å². The number of esters is 1. The van der Waals surface area contributed by atoms with Crippen LogP contribution in [-0.4, -0.2) is 63.6 Å². The molecule has 0 fully saturated rings. The lowest BCUT2D eigenvalue weighted by molar-refractivity contribution is -0.165. The lowest BCUT2D eigenvalue weighted by atomic mass is 10.1. The molecular formula is C18H25NO8S. The normalized spacial score (nSPS) is 14.9. The van der Waals surface area contributed by atoms with Gasteiger partial charge in [-0.2, -0.15) is 0 Å². The van der Waals surface area contributed by atoms with Gasteiger partial charge in [0.05, 0.1) is 12.2 Å². The molecule has 2 unspecified atom stereocenters. The van der Waals surface area contributed by atoms with Crippen LogP contribution in [0, 0.1) is 0 Å². The predicted molar refractivity (Wildman–Crippen MR) is 99.9 cm³/mol. The van der Waals surface area contributed by atoms with Crippen molar-refractivity contribution in [1.29, 1.82) is 0 Å². The first-order valence-electron chi connectivity index (χ1n) is 8.74. The number of amides is 1. The number of carbonyl (C=O) groups is 2. The zero-order valence-corrected chi connectivity index (χ0v) is 17.2. The molecule has 0 radical (unpaired) electrons. The largest absolute Gasteiger partial charge is 0.454 e. The van der Waals surface area contributed by atoms with E-state index in [1.54, 1.807) is 7.05 Å². The van der Waals surface area contributed by atoms with Crippen molar-refractivity contribution in [3.05, 3.63) is 23.8 Å². The quantitative estimate of drug-likeness (QED) is 0.467. The van der Waals surface area contributed by atoms with Crippen LogP contribution in [0.25, 0.3) is 0 Å². The van der Waals surface area contributed by atoms with Crippen molar-refractivity contribution in [2.45, 2.75) is 39.0 Å². The summed E-state index contributed by atoms with van der Waals surface area (Å²) in [5, 5.41) is 0. The van der Waals surface area contributed by atoms with Gasteiger partial charge in [-0.05, 0) is 31.0 Å². The van der Waals surface area contributed by atoms with E-state index in [1.807, 2.05) is 25.1 Å². The highest BCUT2D eigenvalue weighted by atomic mass is 32.2. The van der Waals surface area contributed by atoms with E-state index >= 15 is 0 Å². The molecule has 1 amide bonds. The van der Waals surface area contributed by atoms with Crippen LogP contribution in [0.2, 0.25) is 0 Å². The Morgan fingerprint density at radius 2 is 1.86 bits per heavy atom. The molecule has 0 aliphatic carbocycles. The predicted octanol–water partition coefficient (Wildman–Crippen LogP) is 1.74. The van der Waals surface area contributed by atoms with Crippen LogP contribution in [0.5, 0.6) is 11.5 Å². The minimum atomic E-state index is -3.27. The zero-order chi connectivity index (χ0) is 20.9. The molecule has 1 aliphatic rings. The fourth-order valence-corrected chi connectivity index (χ4v) is 3.03. The third kappa shape index (κ3) is 6.59. The first-order chi connectivity index (χ1) is 13.0. The van der Waals surface area contributed by atoms with Crippen molar-refractivity contribution >= 4 is 21.9 Å². The number of likely N-dealkylation sites (N-methyl/N-ethyl adjacent to an activating group) is 1. The Balaban J connectivity index is 1.81. The van der Waals surface area contributed by atoms with Crippen LogP contribution in [0.15, 0.2) is 18.2 Å². The summed E-state index contributed by atoms with van der Waals surface area (Å²) < 4.78 is 42.8. The molecule has 156 valence electrons. The monoisotopic (exact) mass is 415 g/mol. The van der Waals surface area contributed by atoms with Gasteiger partial charge in [0, 0.05) is 26.3 Å². The van der Waals surface area contributed by atoms with Gasteiger partial charge in [-0.25, -0.2) is 13.2 Å². The Morgan fingerprint density at radius 3 is 2.54 bits per heavy atom. The van der Waals surface area contributed by atoms with Crippen molar-refractivity contribution < 1.29 is 37.0 Å². The molecule has 2 rings (SSSR count).